The van der Waals surface area contributed by atoms with E-state index in [-0.39, 0.29) is 11.1 Å². The predicted molar refractivity (Wildman–Crippen MR) is 83.2 cm³/mol. The molecule has 1 aromatic heterocycles. The maximum Gasteiger partial charge on any atom is 0.273 e. The number of nitrogens with zero attached hydrogens (tertiary/aromatic N) is 3. The summed E-state index contributed by atoms with van der Waals surface area (Å²) in [5.74, 6) is 0.847. The fraction of sp³-hybridized carbons (Fsp3) is 0.385. The molecule has 2 N–H and O–H groups in total. The van der Waals surface area contributed by atoms with Crippen molar-refractivity contribution in [3.05, 3.63) is 40.1 Å². The number of hydrogen-bond acceptors (Lipinski definition) is 4. The van der Waals surface area contributed by atoms with Crippen LogP contribution in [0.2, 0.25) is 0 Å². The Balaban J connectivity index is 2.39. The Morgan fingerprint density at radius 2 is 1.86 bits per heavy atom. The normalized spacial score (nSPS) is 12.0. The van der Waals surface area contributed by atoms with Crippen molar-refractivity contribution in [2.45, 2.75) is 32.0 Å². The van der Waals surface area contributed by atoms with Gasteiger partial charge in [0.2, 0.25) is 0 Å². The predicted octanol–water partition coefficient (Wildman–Crippen LogP) is 1.93. The summed E-state index contributed by atoms with van der Waals surface area (Å²) >= 11 is 3.38. The SMILES string of the molecule is CC(C)Cn1c(Cc2ccc(Br)cc2)nnc1S(N)(=O)=O. The fourth-order valence-electron chi connectivity index (χ4n) is 1.99. The van der Waals surface area contributed by atoms with E-state index in [4.69, 9.17) is 5.14 Å². The molecule has 1 aromatic carbocycles. The van der Waals surface area contributed by atoms with Gasteiger partial charge in [0.1, 0.15) is 5.82 Å². The van der Waals surface area contributed by atoms with E-state index in [1.165, 1.54) is 0 Å². The molecular formula is C13H17BrN4O2S. The molecule has 8 heteroatoms. The van der Waals surface area contributed by atoms with Gasteiger partial charge in [0.05, 0.1) is 0 Å². The summed E-state index contributed by atoms with van der Waals surface area (Å²) in [6.45, 7) is 4.50. The molecule has 0 fully saturated rings. The molecule has 0 radical (unpaired) electrons. The van der Waals surface area contributed by atoms with Gasteiger partial charge in [-0.25, -0.2) is 13.6 Å². The summed E-state index contributed by atoms with van der Waals surface area (Å²) in [6, 6.07) is 7.77. The lowest BCUT2D eigenvalue weighted by Gasteiger charge is -2.11. The van der Waals surface area contributed by atoms with E-state index in [1.54, 1.807) is 4.57 Å². The maximum atomic E-state index is 11.6. The zero-order valence-electron chi connectivity index (χ0n) is 11.8. The first-order valence-corrected chi connectivity index (χ1v) is 8.80. The lowest BCUT2D eigenvalue weighted by Crippen LogP contribution is -2.21. The van der Waals surface area contributed by atoms with E-state index in [2.05, 4.69) is 26.1 Å². The van der Waals surface area contributed by atoms with E-state index in [0.717, 1.165) is 10.0 Å². The van der Waals surface area contributed by atoms with E-state index in [9.17, 15) is 8.42 Å². The molecule has 0 amide bonds. The van der Waals surface area contributed by atoms with Crippen LogP contribution in [0.1, 0.15) is 25.2 Å². The molecule has 0 spiro atoms. The molecule has 0 unspecified atom stereocenters. The third-order valence-electron chi connectivity index (χ3n) is 2.87. The largest absolute Gasteiger partial charge is 0.300 e. The van der Waals surface area contributed by atoms with Gasteiger partial charge in [-0.2, -0.15) is 0 Å². The van der Waals surface area contributed by atoms with Crippen molar-refractivity contribution in [3.63, 3.8) is 0 Å². The van der Waals surface area contributed by atoms with Gasteiger partial charge >= 0.3 is 0 Å². The first-order valence-electron chi connectivity index (χ1n) is 6.46. The molecule has 21 heavy (non-hydrogen) atoms. The first-order chi connectivity index (χ1) is 9.77. The van der Waals surface area contributed by atoms with Gasteiger partial charge < -0.3 is 4.57 Å². The molecule has 0 saturated heterocycles. The molecule has 0 aliphatic rings. The minimum atomic E-state index is -3.88. The molecule has 0 saturated carbocycles. The highest BCUT2D eigenvalue weighted by molar-refractivity contribution is 9.10. The molecule has 114 valence electrons. The Bertz CT molecular complexity index is 723. The van der Waals surface area contributed by atoms with Crippen LogP contribution in [0.3, 0.4) is 0 Å². The van der Waals surface area contributed by atoms with Crippen molar-refractivity contribution in [2.75, 3.05) is 0 Å². The second kappa shape index (κ2) is 6.25. The van der Waals surface area contributed by atoms with Gasteiger partial charge in [-0.1, -0.05) is 41.9 Å². The highest BCUT2D eigenvalue weighted by Crippen LogP contribution is 2.16. The van der Waals surface area contributed by atoms with Crippen LogP contribution in [-0.4, -0.2) is 23.2 Å². The van der Waals surface area contributed by atoms with Crippen LogP contribution >= 0.6 is 15.9 Å². The summed E-state index contributed by atoms with van der Waals surface area (Å²) in [4.78, 5) is 0. The van der Waals surface area contributed by atoms with Gasteiger partial charge in [0.25, 0.3) is 15.2 Å². The van der Waals surface area contributed by atoms with Gasteiger partial charge in [-0.15, -0.1) is 10.2 Å². The zero-order chi connectivity index (χ0) is 15.6. The average Bonchev–Trinajstić information content (AvgIpc) is 2.74. The highest BCUT2D eigenvalue weighted by Gasteiger charge is 2.21. The summed E-state index contributed by atoms with van der Waals surface area (Å²) in [6.07, 6.45) is 0.503. The van der Waals surface area contributed by atoms with Crippen molar-refractivity contribution in [2.24, 2.45) is 11.1 Å². The van der Waals surface area contributed by atoms with Crippen molar-refractivity contribution >= 4 is 26.0 Å². The molecule has 0 atom stereocenters. The molecular weight excluding hydrogens is 356 g/mol. The van der Waals surface area contributed by atoms with Gasteiger partial charge in [-0.05, 0) is 23.6 Å². The van der Waals surface area contributed by atoms with Crippen LogP contribution in [0.15, 0.2) is 33.9 Å². The second-order valence-corrected chi connectivity index (χ2v) is 7.62. The number of hydrogen-bond donors (Lipinski definition) is 1. The number of halogens is 1. The number of primary sulfonamides is 1. The minimum Gasteiger partial charge on any atom is -0.300 e. The Hall–Kier alpha value is -1.25. The lowest BCUT2D eigenvalue weighted by atomic mass is 10.1. The van der Waals surface area contributed by atoms with Crippen LogP contribution in [0.4, 0.5) is 0 Å². The Labute approximate surface area is 132 Å². The number of sulfonamides is 1. The minimum absolute atomic E-state index is 0.177. The van der Waals surface area contributed by atoms with Crippen LogP contribution in [0.5, 0.6) is 0 Å². The molecule has 2 rings (SSSR count). The molecule has 0 aliphatic carbocycles. The maximum absolute atomic E-state index is 11.6. The van der Waals surface area contributed by atoms with Crippen LogP contribution in [-0.2, 0) is 23.0 Å². The number of rotatable bonds is 5. The molecule has 2 aromatic rings. The standard InChI is InChI=1S/C13H17BrN4O2S/c1-9(2)8-18-12(16-17-13(18)21(15,19)20)7-10-3-5-11(14)6-4-10/h3-6,9H,7-8H2,1-2H3,(H2,15,19,20). The van der Waals surface area contributed by atoms with Gasteiger partial charge in [-0.3, -0.25) is 0 Å². The van der Waals surface area contributed by atoms with Crippen LogP contribution in [0.25, 0.3) is 0 Å². The fourth-order valence-corrected chi connectivity index (χ4v) is 2.90. The Morgan fingerprint density at radius 1 is 1.24 bits per heavy atom. The number of benzene rings is 1. The van der Waals surface area contributed by atoms with E-state index in [0.29, 0.717) is 18.8 Å². The molecule has 1 heterocycles. The van der Waals surface area contributed by atoms with E-state index < -0.39 is 10.0 Å². The average molecular weight is 373 g/mol. The third kappa shape index (κ3) is 4.12. The summed E-state index contributed by atoms with van der Waals surface area (Å²) in [5, 5.41) is 12.8. The molecule has 6 nitrogen and oxygen atoms in total. The monoisotopic (exact) mass is 372 g/mol. The number of aromatic nitrogens is 3. The Morgan fingerprint density at radius 3 is 2.38 bits per heavy atom. The topological polar surface area (TPSA) is 90.9 Å². The van der Waals surface area contributed by atoms with Gasteiger partial charge in [0.15, 0.2) is 0 Å². The third-order valence-corrected chi connectivity index (χ3v) is 4.21. The summed E-state index contributed by atoms with van der Waals surface area (Å²) < 4.78 is 25.8. The van der Waals surface area contributed by atoms with Crippen LogP contribution in [0, 0.1) is 5.92 Å². The summed E-state index contributed by atoms with van der Waals surface area (Å²) in [5.41, 5.74) is 1.02. The highest BCUT2D eigenvalue weighted by atomic mass is 79.9. The van der Waals surface area contributed by atoms with Crippen molar-refractivity contribution in [3.8, 4) is 0 Å². The molecule has 0 bridgehead atoms. The second-order valence-electron chi connectivity index (χ2n) is 5.25. The quantitative estimate of drug-likeness (QED) is 0.867. The van der Waals surface area contributed by atoms with Crippen molar-refractivity contribution < 1.29 is 8.42 Å². The van der Waals surface area contributed by atoms with E-state index in [1.807, 2.05) is 38.1 Å². The number of nitrogens with two attached hydrogens (primary N) is 1. The van der Waals surface area contributed by atoms with Gasteiger partial charge in [0, 0.05) is 17.4 Å². The summed E-state index contributed by atoms with van der Waals surface area (Å²) in [7, 11) is -3.88. The van der Waals surface area contributed by atoms with E-state index >= 15 is 0 Å². The smallest absolute Gasteiger partial charge is 0.273 e. The van der Waals surface area contributed by atoms with Crippen molar-refractivity contribution in [1.82, 2.24) is 14.8 Å². The lowest BCUT2D eigenvalue weighted by molar-refractivity contribution is 0.472. The van der Waals surface area contributed by atoms with Crippen molar-refractivity contribution in [1.29, 1.82) is 0 Å². The van der Waals surface area contributed by atoms with Crippen LogP contribution < -0.4 is 5.14 Å². The Kier molecular flexibility index (Phi) is 4.80. The molecule has 0 aliphatic heterocycles. The zero-order valence-corrected chi connectivity index (χ0v) is 14.2. The first kappa shape index (κ1) is 16.1.